The van der Waals surface area contributed by atoms with E-state index in [0.717, 1.165) is 28.5 Å². The quantitative estimate of drug-likeness (QED) is 0.299. The van der Waals surface area contributed by atoms with Gasteiger partial charge in [-0.3, -0.25) is 13.9 Å². The molecule has 1 atom stereocenters. The summed E-state index contributed by atoms with van der Waals surface area (Å²) in [5.74, 6) is -0.442. The molecule has 41 heavy (non-hydrogen) atoms. The number of aryl methyl sites for hydroxylation is 1. The number of nitrogens with one attached hydrogen (secondary N) is 1. The number of anilines is 1. The van der Waals surface area contributed by atoms with E-state index in [1.165, 1.54) is 4.31 Å². The molecule has 0 radical (unpaired) electrons. The summed E-state index contributed by atoms with van der Waals surface area (Å²) >= 11 is 0. The smallest absolute Gasteiger partial charge is 0.244 e. The lowest BCUT2D eigenvalue weighted by atomic mass is 10.0. The summed E-state index contributed by atoms with van der Waals surface area (Å²) < 4.78 is 27.4. The van der Waals surface area contributed by atoms with Crippen molar-refractivity contribution in [2.45, 2.75) is 59.5 Å². The van der Waals surface area contributed by atoms with Gasteiger partial charge in [-0.1, -0.05) is 100 Å². The minimum Gasteiger partial charge on any atom is -0.354 e. The molecule has 2 amide bonds. The minimum atomic E-state index is -3.82. The van der Waals surface area contributed by atoms with Crippen molar-refractivity contribution < 1.29 is 18.0 Å². The standard InChI is InChI=1S/C33H43N3O4S/c1-24(2)21-34-33(38)31(20-27-15-8-7-9-16-27)35(22-28-17-11-10-14-26(28)5)32(37)23-36(41(6,39)40)30-19-13-12-18-29(30)25(3)4/h7-19,24-25,31H,20-23H2,1-6H3,(H,34,38)/t31-/m0/s1. The molecule has 1 N–H and O–H groups in total. The molecule has 7 nitrogen and oxygen atoms in total. The minimum absolute atomic E-state index is 0.0428. The molecule has 3 rings (SSSR count). The lowest BCUT2D eigenvalue weighted by Gasteiger charge is -2.34. The number of nitrogens with zero attached hydrogens (tertiary/aromatic N) is 2. The molecule has 0 bridgehead atoms. The summed E-state index contributed by atoms with van der Waals surface area (Å²) in [6, 6.07) is 23.7. The average molecular weight is 578 g/mol. The van der Waals surface area contributed by atoms with Crippen LogP contribution >= 0.6 is 0 Å². The number of carbonyl (C=O) groups is 2. The van der Waals surface area contributed by atoms with Crippen LogP contribution in [0.5, 0.6) is 0 Å². The van der Waals surface area contributed by atoms with E-state index in [-0.39, 0.29) is 24.3 Å². The Balaban J connectivity index is 2.10. The third-order valence-corrected chi connectivity index (χ3v) is 8.19. The van der Waals surface area contributed by atoms with Crippen LogP contribution in [0.4, 0.5) is 5.69 Å². The maximum atomic E-state index is 14.3. The number of rotatable bonds is 13. The van der Waals surface area contributed by atoms with Gasteiger partial charge in [0.15, 0.2) is 0 Å². The zero-order valence-electron chi connectivity index (χ0n) is 25.0. The van der Waals surface area contributed by atoms with Gasteiger partial charge in [-0.2, -0.15) is 0 Å². The normalized spacial score (nSPS) is 12.3. The number of hydrogen-bond acceptors (Lipinski definition) is 4. The first-order chi connectivity index (χ1) is 19.4. The van der Waals surface area contributed by atoms with Gasteiger partial charge in [0.2, 0.25) is 21.8 Å². The van der Waals surface area contributed by atoms with Gasteiger partial charge < -0.3 is 10.2 Å². The molecule has 0 aliphatic rings. The third kappa shape index (κ3) is 8.92. The van der Waals surface area contributed by atoms with Gasteiger partial charge in [0.05, 0.1) is 11.9 Å². The Kier molecular flexibility index (Phi) is 11.1. The highest BCUT2D eigenvalue weighted by molar-refractivity contribution is 7.92. The van der Waals surface area contributed by atoms with Crippen LogP contribution in [0.25, 0.3) is 0 Å². The second-order valence-electron chi connectivity index (χ2n) is 11.3. The van der Waals surface area contributed by atoms with Gasteiger partial charge in [-0.25, -0.2) is 8.42 Å². The van der Waals surface area contributed by atoms with Crippen molar-refractivity contribution in [3.05, 3.63) is 101 Å². The second kappa shape index (κ2) is 14.3. The first-order valence-corrected chi connectivity index (χ1v) is 16.0. The van der Waals surface area contributed by atoms with Crippen molar-refractivity contribution >= 4 is 27.5 Å². The van der Waals surface area contributed by atoms with Crippen molar-refractivity contribution in [1.82, 2.24) is 10.2 Å². The predicted molar refractivity (Wildman–Crippen MR) is 166 cm³/mol. The number of hydrogen-bond donors (Lipinski definition) is 1. The molecule has 0 fully saturated rings. The van der Waals surface area contributed by atoms with Crippen LogP contribution in [-0.2, 0) is 32.6 Å². The molecule has 3 aromatic rings. The van der Waals surface area contributed by atoms with Crippen LogP contribution in [-0.4, -0.2) is 50.5 Å². The molecule has 3 aromatic carbocycles. The monoisotopic (exact) mass is 577 g/mol. The van der Waals surface area contributed by atoms with Crippen molar-refractivity contribution in [3.8, 4) is 0 Å². The Bertz CT molecular complexity index is 1420. The maximum absolute atomic E-state index is 14.3. The Hall–Kier alpha value is -3.65. The van der Waals surface area contributed by atoms with E-state index in [2.05, 4.69) is 5.32 Å². The molecule has 220 valence electrons. The van der Waals surface area contributed by atoms with Crippen LogP contribution < -0.4 is 9.62 Å². The van der Waals surface area contributed by atoms with Crippen molar-refractivity contribution in [1.29, 1.82) is 0 Å². The highest BCUT2D eigenvalue weighted by Crippen LogP contribution is 2.29. The summed E-state index contributed by atoms with van der Waals surface area (Å²) in [5, 5.41) is 3.01. The zero-order valence-corrected chi connectivity index (χ0v) is 25.8. The van der Waals surface area contributed by atoms with Gasteiger partial charge in [-0.05, 0) is 47.1 Å². The Morgan fingerprint density at radius 1 is 0.854 bits per heavy atom. The number of benzene rings is 3. The summed E-state index contributed by atoms with van der Waals surface area (Å²) in [5.41, 5.74) is 4.08. The fourth-order valence-electron chi connectivity index (χ4n) is 4.75. The Morgan fingerprint density at radius 2 is 1.46 bits per heavy atom. The molecular formula is C33H43N3O4S. The number of amides is 2. The second-order valence-corrected chi connectivity index (χ2v) is 13.2. The largest absolute Gasteiger partial charge is 0.354 e. The molecule has 0 aliphatic heterocycles. The molecule has 0 aromatic heterocycles. The van der Waals surface area contributed by atoms with E-state index >= 15 is 0 Å². The van der Waals surface area contributed by atoms with E-state index in [1.54, 1.807) is 17.0 Å². The van der Waals surface area contributed by atoms with Crippen LogP contribution in [0, 0.1) is 12.8 Å². The Morgan fingerprint density at radius 3 is 2.07 bits per heavy atom. The summed E-state index contributed by atoms with van der Waals surface area (Å²) in [7, 11) is -3.82. The van der Waals surface area contributed by atoms with Gasteiger partial charge in [0.25, 0.3) is 0 Å². The predicted octanol–water partition coefficient (Wildman–Crippen LogP) is 5.30. The van der Waals surface area contributed by atoms with Gasteiger partial charge in [0.1, 0.15) is 12.6 Å². The van der Waals surface area contributed by atoms with Gasteiger partial charge >= 0.3 is 0 Å². The summed E-state index contributed by atoms with van der Waals surface area (Å²) in [4.78, 5) is 29.6. The van der Waals surface area contributed by atoms with Crippen molar-refractivity contribution in [2.24, 2.45) is 5.92 Å². The van der Waals surface area contributed by atoms with Crippen molar-refractivity contribution in [3.63, 3.8) is 0 Å². The SMILES string of the molecule is Cc1ccccc1CN(C(=O)CN(c1ccccc1C(C)C)S(C)(=O)=O)[C@@H](Cc1ccccc1)C(=O)NCC(C)C. The van der Waals surface area contributed by atoms with Crippen LogP contribution in [0.3, 0.4) is 0 Å². The molecule has 8 heteroatoms. The van der Waals surface area contributed by atoms with E-state index in [1.807, 2.05) is 101 Å². The van der Waals surface area contributed by atoms with E-state index in [9.17, 15) is 18.0 Å². The average Bonchev–Trinajstić information content (AvgIpc) is 2.93. The highest BCUT2D eigenvalue weighted by Gasteiger charge is 2.33. The highest BCUT2D eigenvalue weighted by atomic mass is 32.2. The first kappa shape index (κ1) is 31.9. The van der Waals surface area contributed by atoms with E-state index in [0.29, 0.717) is 18.7 Å². The lowest BCUT2D eigenvalue weighted by Crippen LogP contribution is -2.53. The molecular weight excluding hydrogens is 534 g/mol. The van der Waals surface area contributed by atoms with Gasteiger partial charge in [-0.15, -0.1) is 0 Å². The van der Waals surface area contributed by atoms with Gasteiger partial charge in [0, 0.05) is 19.5 Å². The first-order valence-electron chi connectivity index (χ1n) is 14.1. The maximum Gasteiger partial charge on any atom is 0.244 e. The van der Waals surface area contributed by atoms with E-state index < -0.39 is 28.5 Å². The fraction of sp³-hybridized carbons (Fsp3) is 0.394. The van der Waals surface area contributed by atoms with E-state index in [4.69, 9.17) is 0 Å². The number of sulfonamides is 1. The molecule has 0 spiro atoms. The topological polar surface area (TPSA) is 86.8 Å². The lowest BCUT2D eigenvalue weighted by molar-refractivity contribution is -0.140. The van der Waals surface area contributed by atoms with Crippen LogP contribution in [0.2, 0.25) is 0 Å². The van der Waals surface area contributed by atoms with Crippen LogP contribution in [0.1, 0.15) is 55.9 Å². The zero-order chi connectivity index (χ0) is 30.2. The number of carbonyl (C=O) groups excluding carboxylic acids is 2. The van der Waals surface area contributed by atoms with Crippen LogP contribution in [0.15, 0.2) is 78.9 Å². The van der Waals surface area contributed by atoms with Crippen molar-refractivity contribution in [2.75, 3.05) is 23.7 Å². The number of para-hydroxylation sites is 1. The molecule has 0 saturated carbocycles. The molecule has 0 unspecified atom stereocenters. The molecule has 0 aliphatic carbocycles. The molecule has 0 heterocycles. The Labute approximate surface area is 245 Å². The summed E-state index contributed by atoms with van der Waals surface area (Å²) in [6.07, 6.45) is 1.41. The molecule has 0 saturated heterocycles. The third-order valence-electron chi connectivity index (χ3n) is 7.06. The summed E-state index contributed by atoms with van der Waals surface area (Å²) in [6.45, 7) is 10.2. The fourth-order valence-corrected chi connectivity index (χ4v) is 5.61.